The van der Waals surface area contributed by atoms with Crippen LogP contribution in [0.4, 0.5) is 5.13 Å². The topological polar surface area (TPSA) is 111 Å². The summed E-state index contributed by atoms with van der Waals surface area (Å²) in [6.07, 6.45) is 0. The van der Waals surface area contributed by atoms with Gasteiger partial charge >= 0.3 is 5.97 Å². The average molecular weight is 202 g/mol. The van der Waals surface area contributed by atoms with Crippen LogP contribution in [-0.2, 0) is 9.63 Å². The third-order valence-electron chi connectivity index (χ3n) is 1.04. The van der Waals surface area contributed by atoms with Crippen molar-refractivity contribution in [2.45, 2.75) is 0 Å². The van der Waals surface area contributed by atoms with Gasteiger partial charge in [-0.2, -0.15) is 9.36 Å². The highest BCUT2D eigenvalue weighted by atomic mass is 32.1. The highest BCUT2D eigenvalue weighted by molar-refractivity contribution is 7.09. The molecule has 7 nitrogen and oxygen atoms in total. The molecule has 0 spiro atoms. The van der Waals surface area contributed by atoms with E-state index in [2.05, 4.69) is 19.4 Å². The van der Waals surface area contributed by atoms with E-state index in [1.54, 1.807) is 0 Å². The predicted octanol–water partition coefficient (Wildman–Crippen LogP) is -0.445. The molecule has 0 aliphatic carbocycles. The summed E-state index contributed by atoms with van der Waals surface area (Å²) in [5.41, 5.74) is 4.90. The molecule has 0 saturated heterocycles. The maximum atomic E-state index is 10.6. The lowest BCUT2D eigenvalue weighted by molar-refractivity contribution is -0.129. The van der Waals surface area contributed by atoms with Gasteiger partial charge in [0, 0.05) is 11.5 Å². The lowest BCUT2D eigenvalue weighted by atomic mass is 10.4. The first kappa shape index (κ1) is 9.39. The van der Waals surface area contributed by atoms with Crippen LogP contribution in [0.15, 0.2) is 5.16 Å². The van der Waals surface area contributed by atoms with Gasteiger partial charge in [0.2, 0.25) is 11.5 Å². The number of nitrogens with zero attached hydrogens (tertiary/aromatic N) is 3. The van der Waals surface area contributed by atoms with Crippen molar-refractivity contribution in [3.63, 3.8) is 0 Å². The number of nitrogens with two attached hydrogens (primary N) is 1. The van der Waals surface area contributed by atoms with Crippen LogP contribution in [0, 0.1) is 0 Å². The number of carboxylic acid groups (broad SMARTS) is 1. The van der Waals surface area contributed by atoms with Gasteiger partial charge in [0.1, 0.15) is 7.11 Å². The van der Waals surface area contributed by atoms with Crippen LogP contribution in [0.25, 0.3) is 0 Å². The second kappa shape index (κ2) is 3.81. The summed E-state index contributed by atoms with van der Waals surface area (Å²) in [5.74, 6) is -1.31. The quantitative estimate of drug-likeness (QED) is 0.507. The van der Waals surface area contributed by atoms with E-state index in [1.165, 1.54) is 7.11 Å². The molecule has 0 aliphatic rings. The van der Waals surface area contributed by atoms with Crippen LogP contribution in [0.3, 0.4) is 0 Å². The molecule has 70 valence electrons. The molecule has 0 saturated carbocycles. The minimum absolute atomic E-state index is 0.0446. The zero-order chi connectivity index (χ0) is 9.84. The Bertz CT molecular complexity index is 347. The molecule has 0 fully saturated rings. The summed E-state index contributed by atoms with van der Waals surface area (Å²) in [6.45, 7) is 0. The Hall–Kier alpha value is -1.70. The Morgan fingerprint density at radius 3 is 2.85 bits per heavy atom. The van der Waals surface area contributed by atoms with Crippen molar-refractivity contribution in [1.29, 1.82) is 0 Å². The van der Waals surface area contributed by atoms with Gasteiger partial charge in [-0.05, 0) is 0 Å². The van der Waals surface area contributed by atoms with Gasteiger partial charge in [-0.25, -0.2) is 4.79 Å². The fourth-order valence-corrected chi connectivity index (χ4v) is 1.03. The first-order valence-corrected chi connectivity index (χ1v) is 3.86. The van der Waals surface area contributed by atoms with E-state index >= 15 is 0 Å². The van der Waals surface area contributed by atoms with Crippen molar-refractivity contribution in [2.24, 2.45) is 5.16 Å². The number of nitrogen functional groups attached to an aromatic ring is 1. The van der Waals surface area contributed by atoms with Crippen LogP contribution in [0.1, 0.15) is 5.82 Å². The van der Waals surface area contributed by atoms with E-state index in [0.29, 0.717) is 0 Å². The predicted molar refractivity (Wildman–Crippen MR) is 45.5 cm³/mol. The Morgan fingerprint density at radius 1 is 1.77 bits per heavy atom. The summed E-state index contributed by atoms with van der Waals surface area (Å²) >= 11 is 0.893. The van der Waals surface area contributed by atoms with Crippen molar-refractivity contribution < 1.29 is 14.7 Å². The lowest BCUT2D eigenvalue weighted by Gasteiger charge is -1.92. The zero-order valence-corrected chi connectivity index (χ0v) is 7.41. The Balaban J connectivity index is 3.02. The molecule has 1 rings (SSSR count). The lowest BCUT2D eigenvalue weighted by Crippen LogP contribution is -2.16. The number of aliphatic carboxylic acids is 1. The summed E-state index contributed by atoms with van der Waals surface area (Å²) in [6, 6.07) is 0. The maximum Gasteiger partial charge on any atom is 0.362 e. The number of carboxylic acids is 1. The number of hydrogen-bond acceptors (Lipinski definition) is 7. The molecule has 0 bridgehead atoms. The third-order valence-corrected chi connectivity index (χ3v) is 1.58. The number of hydrogen-bond donors (Lipinski definition) is 2. The van der Waals surface area contributed by atoms with Gasteiger partial charge in [-0.3, -0.25) is 0 Å². The number of rotatable bonds is 3. The zero-order valence-electron chi connectivity index (χ0n) is 6.59. The molecular formula is C5H6N4O3S. The van der Waals surface area contributed by atoms with Crippen molar-refractivity contribution in [3.05, 3.63) is 5.82 Å². The molecule has 0 aromatic carbocycles. The normalized spacial score (nSPS) is 11.3. The third kappa shape index (κ3) is 2.12. The minimum Gasteiger partial charge on any atom is -0.476 e. The summed E-state index contributed by atoms with van der Waals surface area (Å²) < 4.78 is 3.67. The second-order valence-electron chi connectivity index (χ2n) is 1.88. The van der Waals surface area contributed by atoms with Gasteiger partial charge < -0.3 is 15.7 Å². The molecule has 0 amide bonds. The van der Waals surface area contributed by atoms with Gasteiger partial charge in [0.15, 0.2) is 5.13 Å². The van der Waals surface area contributed by atoms with E-state index in [0.717, 1.165) is 11.5 Å². The SMILES string of the molecule is CO/N=C(\C(=O)O)c1nsc(N)n1. The maximum absolute atomic E-state index is 10.6. The first-order chi connectivity index (χ1) is 6.15. The van der Waals surface area contributed by atoms with Crippen LogP contribution in [-0.4, -0.2) is 33.3 Å². The summed E-state index contributed by atoms with van der Waals surface area (Å²) in [5, 5.41) is 12.1. The van der Waals surface area contributed by atoms with E-state index in [9.17, 15) is 4.79 Å². The molecule has 0 aliphatic heterocycles. The number of carbonyl (C=O) groups is 1. The molecule has 3 N–H and O–H groups in total. The average Bonchev–Trinajstić information content (AvgIpc) is 2.46. The molecule has 13 heavy (non-hydrogen) atoms. The molecule has 0 unspecified atom stereocenters. The monoisotopic (exact) mass is 202 g/mol. The fourth-order valence-electron chi connectivity index (χ4n) is 0.598. The molecule has 8 heteroatoms. The molecule has 0 atom stereocenters. The fraction of sp³-hybridized carbons (Fsp3) is 0.200. The molecule has 1 heterocycles. The van der Waals surface area contributed by atoms with E-state index in [1.807, 2.05) is 0 Å². The largest absolute Gasteiger partial charge is 0.476 e. The first-order valence-electron chi connectivity index (χ1n) is 3.09. The highest BCUT2D eigenvalue weighted by Gasteiger charge is 2.18. The van der Waals surface area contributed by atoms with Gasteiger partial charge in [0.05, 0.1) is 0 Å². The number of anilines is 1. The molecule has 1 aromatic heterocycles. The Labute approximate surface area is 77.0 Å². The highest BCUT2D eigenvalue weighted by Crippen LogP contribution is 2.06. The summed E-state index contributed by atoms with van der Waals surface area (Å²) in [4.78, 5) is 18.5. The molecule has 1 aromatic rings. The standard InChI is InChI=1S/C5H6N4O3S/c1-12-8-2(4(10)11)3-7-5(6)13-9-3/h1H3,(H,10,11)(H2,6,7,9)/b8-2-. The number of oxime groups is 1. The second-order valence-corrected chi connectivity index (χ2v) is 2.67. The van der Waals surface area contributed by atoms with Gasteiger partial charge in [0.25, 0.3) is 0 Å². The number of aromatic nitrogens is 2. The van der Waals surface area contributed by atoms with Crippen LogP contribution >= 0.6 is 11.5 Å². The van der Waals surface area contributed by atoms with Crippen LogP contribution in [0.5, 0.6) is 0 Å². The van der Waals surface area contributed by atoms with E-state index < -0.39 is 5.97 Å². The minimum atomic E-state index is -1.26. The van der Waals surface area contributed by atoms with Gasteiger partial charge in [-0.1, -0.05) is 5.16 Å². The summed E-state index contributed by atoms with van der Waals surface area (Å²) in [7, 11) is 1.23. The van der Waals surface area contributed by atoms with Crippen LogP contribution < -0.4 is 5.73 Å². The van der Waals surface area contributed by atoms with E-state index in [-0.39, 0.29) is 16.7 Å². The van der Waals surface area contributed by atoms with E-state index in [4.69, 9.17) is 10.8 Å². The Kier molecular flexibility index (Phi) is 2.75. The van der Waals surface area contributed by atoms with Crippen molar-refractivity contribution >= 4 is 28.3 Å². The van der Waals surface area contributed by atoms with Crippen molar-refractivity contribution in [2.75, 3.05) is 12.8 Å². The van der Waals surface area contributed by atoms with Gasteiger partial charge in [-0.15, -0.1) is 0 Å². The van der Waals surface area contributed by atoms with Crippen molar-refractivity contribution in [3.8, 4) is 0 Å². The molecular weight excluding hydrogens is 196 g/mol. The molecule has 0 radical (unpaired) electrons. The smallest absolute Gasteiger partial charge is 0.362 e. The van der Waals surface area contributed by atoms with Crippen molar-refractivity contribution in [1.82, 2.24) is 9.36 Å². The Morgan fingerprint density at radius 2 is 2.46 bits per heavy atom. The van der Waals surface area contributed by atoms with Crippen LogP contribution in [0.2, 0.25) is 0 Å².